The van der Waals surface area contributed by atoms with E-state index in [9.17, 15) is 9.59 Å². The van der Waals surface area contributed by atoms with Crippen LogP contribution in [0.15, 0.2) is 24.3 Å². The van der Waals surface area contributed by atoms with E-state index in [1.165, 1.54) is 0 Å². The van der Waals surface area contributed by atoms with Gasteiger partial charge in [-0.2, -0.15) is 0 Å². The first-order chi connectivity index (χ1) is 9.17. The quantitative estimate of drug-likeness (QED) is 0.901. The van der Waals surface area contributed by atoms with E-state index in [-0.39, 0.29) is 0 Å². The Balaban J connectivity index is 2.51. The summed E-state index contributed by atoms with van der Waals surface area (Å²) in [5.41, 5.74) is -0.412. The van der Waals surface area contributed by atoms with Gasteiger partial charge >= 0.3 is 6.03 Å². The zero-order valence-corrected chi connectivity index (χ0v) is 12.7. The summed E-state index contributed by atoms with van der Waals surface area (Å²) >= 11 is 5.75. The summed E-state index contributed by atoms with van der Waals surface area (Å²) in [5, 5.41) is 5.44. The van der Waals surface area contributed by atoms with Crippen LogP contribution in [-0.2, 0) is 4.79 Å². The summed E-state index contributed by atoms with van der Waals surface area (Å²) in [4.78, 5) is 23.3. The number of amides is 3. The minimum Gasteiger partial charge on any atom is -0.481 e. The van der Waals surface area contributed by atoms with Crippen LogP contribution in [0.1, 0.15) is 27.7 Å². The maximum Gasteiger partial charge on any atom is 0.321 e. The molecule has 1 atom stereocenters. The molecule has 0 aliphatic carbocycles. The Bertz CT molecular complexity index is 480. The van der Waals surface area contributed by atoms with Crippen molar-refractivity contribution >= 4 is 23.5 Å². The second-order valence-electron chi connectivity index (χ2n) is 5.41. The van der Waals surface area contributed by atoms with Crippen LogP contribution in [0.25, 0.3) is 0 Å². The number of carbonyl (C=O) groups excluding carboxylic acids is 2. The monoisotopic (exact) mass is 298 g/mol. The number of urea groups is 1. The van der Waals surface area contributed by atoms with Gasteiger partial charge in [0.1, 0.15) is 5.75 Å². The molecular formula is C14H19ClN2O3. The van der Waals surface area contributed by atoms with Crippen molar-refractivity contribution in [3.63, 3.8) is 0 Å². The van der Waals surface area contributed by atoms with E-state index in [4.69, 9.17) is 16.3 Å². The number of hydrogen-bond acceptors (Lipinski definition) is 3. The molecule has 6 heteroatoms. The van der Waals surface area contributed by atoms with Gasteiger partial charge in [-0.25, -0.2) is 4.79 Å². The van der Waals surface area contributed by atoms with Gasteiger partial charge in [-0.3, -0.25) is 10.1 Å². The van der Waals surface area contributed by atoms with Crippen molar-refractivity contribution in [2.75, 3.05) is 0 Å². The Morgan fingerprint density at radius 2 is 1.75 bits per heavy atom. The Labute approximate surface area is 123 Å². The van der Waals surface area contributed by atoms with E-state index in [1.807, 2.05) is 20.8 Å². The van der Waals surface area contributed by atoms with E-state index in [1.54, 1.807) is 31.2 Å². The molecule has 0 saturated heterocycles. The number of carbonyl (C=O) groups is 2. The second-order valence-corrected chi connectivity index (χ2v) is 5.84. The normalized spacial score (nSPS) is 12.4. The third kappa shape index (κ3) is 5.93. The summed E-state index contributed by atoms with van der Waals surface area (Å²) in [6.07, 6.45) is -0.790. The molecule has 0 aromatic heterocycles. The van der Waals surface area contributed by atoms with Crippen molar-refractivity contribution in [1.29, 1.82) is 0 Å². The van der Waals surface area contributed by atoms with Crippen molar-refractivity contribution in [3.8, 4) is 5.75 Å². The highest BCUT2D eigenvalue weighted by molar-refractivity contribution is 6.30. The maximum absolute atomic E-state index is 11.8. The summed E-state index contributed by atoms with van der Waals surface area (Å²) in [7, 11) is 0. The fraction of sp³-hybridized carbons (Fsp3) is 0.429. The van der Waals surface area contributed by atoms with Crippen molar-refractivity contribution in [2.24, 2.45) is 0 Å². The first-order valence-corrected chi connectivity index (χ1v) is 6.60. The lowest BCUT2D eigenvalue weighted by Crippen LogP contribution is -2.50. The Morgan fingerprint density at radius 1 is 1.20 bits per heavy atom. The minimum absolute atomic E-state index is 0.412. The number of hydrogen-bond donors (Lipinski definition) is 2. The molecule has 0 spiro atoms. The smallest absolute Gasteiger partial charge is 0.321 e. The van der Waals surface area contributed by atoms with Gasteiger partial charge in [0.25, 0.3) is 5.91 Å². The predicted octanol–water partition coefficient (Wildman–Crippen LogP) is 2.73. The summed E-state index contributed by atoms with van der Waals surface area (Å²) in [6.45, 7) is 7.04. The molecule has 5 nitrogen and oxygen atoms in total. The fourth-order valence-corrected chi connectivity index (χ4v) is 1.48. The van der Waals surface area contributed by atoms with Crippen LogP contribution in [0, 0.1) is 0 Å². The third-order valence-corrected chi connectivity index (χ3v) is 2.47. The number of ether oxygens (including phenoxy) is 1. The first kappa shape index (κ1) is 16.3. The molecule has 1 aromatic carbocycles. The van der Waals surface area contributed by atoms with Crippen molar-refractivity contribution in [1.82, 2.24) is 10.6 Å². The Kier molecular flexibility index (Phi) is 5.39. The predicted molar refractivity (Wildman–Crippen MR) is 78.0 cm³/mol. The van der Waals surface area contributed by atoms with Crippen LogP contribution < -0.4 is 15.4 Å². The van der Waals surface area contributed by atoms with Crippen LogP contribution in [-0.4, -0.2) is 23.6 Å². The number of rotatable bonds is 3. The van der Waals surface area contributed by atoms with E-state index >= 15 is 0 Å². The lowest BCUT2D eigenvalue weighted by Gasteiger charge is -2.21. The molecule has 0 bridgehead atoms. The van der Waals surface area contributed by atoms with Gasteiger partial charge in [0.2, 0.25) is 0 Å². The van der Waals surface area contributed by atoms with Crippen LogP contribution in [0.4, 0.5) is 4.79 Å². The molecule has 0 saturated carbocycles. The van der Waals surface area contributed by atoms with Gasteiger partial charge in [-0.15, -0.1) is 0 Å². The van der Waals surface area contributed by atoms with Crippen LogP contribution in [0.3, 0.4) is 0 Å². The maximum atomic E-state index is 11.8. The largest absolute Gasteiger partial charge is 0.481 e. The molecule has 0 radical (unpaired) electrons. The lowest BCUT2D eigenvalue weighted by molar-refractivity contribution is -0.126. The van der Waals surface area contributed by atoms with Gasteiger partial charge in [0.05, 0.1) is 0 Å². The highest BCUT2D eigenvalue weighted by atomic mass is 35.5. The van der Waals surface area contributed by atoms with Crippen molar-refractivity contribution in [3.05, 3.63) is 29.3 Å². The van der Waals surface area contributed by atoms with Gasteiger partial charge in [0, 0.05) is 10.6 Å². The highest BCUT2D eigenvalue weighted by Gasteiger charge is 2.20. The van der Waals surface area contributed by atoms with Crippen LogP contribution in [0.2, 0.25) is 5.02 Å². The standard InChI is InChI=1S/C14H19ClN2O3/c1-9(20-11-7-5-10(15)6-8-11)12(18)16-13(19)17-14(2,3)4/h5-9H,1-4H3,(H2,16,17,18,19). The average Bonchev–Trinajstić information content (AvgIpc) is 2.29. The topological polar surface area (TPSA) is 67.4 Å². The summed E-state index contributed by atoms with van der Waals surface area (Å²) < 4.78 is 5.41. The van der Waals surface area contributed by atoms with E-state index < -0.39 is 23.6 Å². The number of nitrogens with one attached hydrogen (secondary N) is 2. The average molecular weight is 299 g/mol. The molecule has 1 rings (SSSR count). The third-order valence-electron chi connectivity index (χ3n) is 2.22. The van der Waals surface area contributed by atoms with Gasteiger partial charge in [0.15, 0.2) is 6.10 Å². The molecule has 0 aliphatic heterocycles. The molecule has 0 aliphatic rings. The van der Waals surface area contributed by atoms with Crippen LogP contribution >= 0.6 is 11.6 Å². The molecule has 20 heavy (non-hydrogen) atoms. The zero-order valence-electron chi connectivity index (χ0n) is 12.0. The molecule has 0 heterocycles. The van der Waals surface area contributed by atoms with Crippen LogP contribution in [0.5, 0.6) is 5.75 Å². The summed E-state index contributed by atoms with van der Waals surface area (Å²) in [5.74, 6) is -0.00465. The lowest BCUT2D eigenvalue weighted by atomic mass is 10.1. The molecule has 1 unspecified atom stereocenters. The second kappa shape index (κ2) is 6.61. The van der Waals surface area contributed by atoms with E-state index in [2.05, 4.69) is 10.6 Å². The first-order valence-electron chi connectivity index (χ1n) is 6.22. The van der Waals surface area contributed by atoms with E-state index in [0.717, 1.165) is 0 Å². The molecule has 0 fully saturated rings. The van der Waals surface area contributed by atoms with Gasteiger partial charge < -0.3 is 10.1 Å². The number of halogens is 1. The fourth-order valence-electron chi connectivity index (χ4n) is 1.36. The zero-order chi connectivity index (χ0) is 15.3. The molecular weight excluding hydrogens is 280 g/mol. The van der Waals surface area contributed by atoms with Gasteiger partial charge in [-0.1, -0.05) is 11.6 Å². The van der Waals surface area contributed by atoms with Crippen molar-refractivity contribution < 1.29 is 14.3 Å². The molecule has 3 amide bonds. The number of benzene rings is 1. The molecule has 2 N–H and O–H groups in total. The van der Waals surface area contributed by atoms with E-state index in [0.29, 0.717) is 10.8 Å². The molecule has 1 aromatic rings. The SMILES string of the molecule is CC(Oc1ccc(Cl)cc1)C(=O)NC(=O)NC(C)(C)C. The highest BCUT2D eigenvalue weighted by Crippen LogP contribution is 2.16. The number of imide groups is 1. The minimum atomic E-state index is -0.790. The Hall–Kier alpha value is -1.75. The Morgan fingerprint density at radius 3 is 2.25 bits per heavy atom. The molecule has 110 valence electrons. The van der Waals surface area contributed by atoms with Crippen molar-refractivity contribution in [2.45, 2.75) is 39.3 Å². The summed E-state index contributed by atoms with van der Waals surface area (Å²) in [6, 6.07) is 6.08. The van der Waals surface area contributed by atoms with Gasteiger partial charge in [-0.05, 0) is 52.0 Å².